The lowest BCUT2D eigenvalue weighted by Crippen LogP contribution is -2.35. The van der Waals surface area contributed by atoms with Crippen LogP contribution < -0.4 is 10.1 Å². The van der Waals surface area contributed by atoms with E-state index in [1.165, 1.54) is 6.92 Å². The highest BCUT2D eigenvalue weighted by Gasteiger charge is 2.23. The number of hydrogen-bond donors (Lipinski definition) is 2. The highest BCUT2D eigenvalue weighted by atomic mass is 35.5. The van der Waals surface area contributed by atoms with E-state index in [1.807, 2.05) is 61.0 Å². The van der Waals surface area contributed by atoms with Gasteiger partial charge in [-0.2, -0.15) is 5.10 Å². The molecule has 0 radical (unpaired) electrons. The number of hydrogen-bond acceptors (Lipinski definition) is 4. The first kappa shape index (κ1) is 29.8. The van der Waals surface area contributed by atoms with Crippen LogP contribution in [0.25, 0.3) is 33.3 Å². The van der Waals surface area contributed by atoms with E-state index >= 15 is 0 Å². The minimum absolute atomic E-state index is 0.213. The zero-order valence-corrected chi connectivity index (χ0v) is 25.7. The number of methoxy groups -OCH3 is 1. The standard InChI is InChI=1S/C32H29Cl2N3O4S/c1-18-30(26-14-27(33)17-28(34)15-26)36-37(31(18)25-10-9-24-16-29(41-4)12-11-23(24)13-25)19(2)21-5-7-22(8-6-21)32(38)35-20(3)42(39)40/h5-17,19-20H,1-4H3,(H,35,38)(H,39,40). The van der Waals surface area contributed by atoms with Crippen molar-refractivity contribution in [2.45, 2.75) is 32.2 Å². The number of benzene rings is 4. The predicted octanol–water partition coefficient (Wildman–Crippen LogP) is 7.90. The van der Waals surface area contributed by atoms with E-state index in [9.17, 15) is 13.6 Å². The maximum absolute atomic E-state index is 12.6. The van der Waals surface area contributed by atoms with Gasteiger partial charge in [0.15, 0.2) is 11.1 Å². The number of amides is 1. The van der Waals surface area contributed by atoms with Crippen LogP contribution in [0, 0.1) is 6.92 Å². The summed E-state index contributed by atoms with van der Waals surface area (Å²) in [4.78, 5) is 12.6. The molecule has 3 atom stereocenters. The van der Waals surface area contributed by atoms with Gasteiger partial charge in [-0.25, -0.2) is 4.21 Å². The quantitative estimate of drug-likeness (QED) is 0.172. The normalized spacial score (nSPS) is 13.5. The van der Waals surface area contributed by atoms with E-state index in [1.54, 1.807) is 25.3 Å². The Hall–Kier alpha value is -3.69. The molecule has 216 valence electrons. The van der Waals surface area contributed by atoms with Crippen molar-refractivity contribution < 1.29 is 18.3 Å². The maximum atomic E-state index is 12.6. The topological polar surface area (TPSA) is 93.5 Å². The summed E-state index contributed by atoms with van der Waals surface area (Å²) in [5.74, 6) is 0.370. The van der Waals surface area contributed by atoms with Gasteiger partial charge in [0.25, 0.3) is 5.91 Å². The summed E-state index contributed by atoms with van der Waals surface area (Å²) in [6.07, 6.45) is 0. The van der Waals surface area contributed by atoms with Crippen LogP contribution in [0.15, 0.2) is 78.9 Å². The molecule has 5 aromatic rings. The Morgan fingerprint density at radius 2 is 1.57 bits per heavy atom. The van der Waals surface area contributed by atoms with Gasteiger partial charge >= 0.3 is 0 Å². The molecule has 1 heterocycles. The Kier molecular flexibility index (Phi) is 8.70. The number of halogens is 2. The number of fused-ring (bicyclic) bond motifs is 1. The Labute approximate surface area is 256 Å². The van der Waals surface area contributed by atoms with Crippen LogP contribution in [-0.2, 0) is 11.1 Å². The molecule has 2 N–H and O–H groups in total. The molecular weight excluding hydrogens is 593 g/mol. The number of nitrogens with zero attached hydrogens (tertiary/aromatic N) is 2. The number of aromatic nitrogens is 2. The molecule has 10 heteroatoms. The van der Waals surface area contributed by atoms with Gasteiger partial charge in [0.2, 0.25) is 0 Å². The van der Waals surface area contributed by atoms with Crippen molar-refractivity contribution in [2.24, 2.45) is 0 Å². The lowest BCUT2D eigenvalue weighted by atomic mass is 9.99. The van der Waals surface area contributed by atoms with Crippen molar-refractivity contribution >= 4 is 51.0 Å². The molecule has 0 aliphatic heterocycles. The highest BCUT2D eigenvalue weighted by molar-refractivity contribution is 7.79. The molecule has 0 bridgehead atoms. The molecule has 0 aliphatic carbocycles. The molecule has 0 spiro atoms. The van der Waals surface area contributed by atoms with E-state index < -0.39 is 22.4 Å². The summed E-state index contributed by atoms with van der Waals surface area (Å²) < 4.78 is 27.9. The SMILES string of the molecule is COc1ccc2cc(-c3c(C)c(-c4cc(Cl)cc(Cl)c4)nn3C(C)c3ccc(C(=O)NC(C)S(=O)O)cc3)ccc2c1. The number of carbonyl (C=O) groups is 1. The smallest absolute Gasteiger partial charge is 0.252 e. The second-order valence-electron chi connectivity index (χ2n) is 10.0. The first-order valence-corrected chi connectivity index (χ1v) is 15.1. The molecule has 0 saturated heterocycles. The number of carbonyl (C=O) groups excluding carboxylic acids is 1. The van der Waals surface area contributed by atoms with Gasteiger partial charge in [0.05, 0.1) is 24.5 Å². The Bertz CT molecular complexity index is 1800. The number of rotatable bonds is 8. The van der Waals surface area contributed by atoms with Gasteiger partial charge < -0.3 is 14.6 Å². The maximum Gasteiger partial charge on any atom is 0.252 e. The second-order valence-corrected chi connectivity index (χ2v) is 12.2. The first-order chi connectivity index (χ1) is 20.0. The third kappa shape index (κ3) is 6.08. The fraction of sp³-hybridized carbons (Fsp3) is 0.188. The van der Waals surface area contributed by atoms with E-state index in [0.29, 0.717) is 15.6 Å². The molecule has 3 unspecified atom stereocenters. The third-order valence-corrected chi connectivity index (χ3v) is 8.42. The summed E-state index contributed by atoms with van der Waals surface area (Å²) in [6.45, 7) is 5.55. The summed E-state index contributed by atoms with van der Waals surface area (Å²) in [7, 11) is 1.65. The van der Waals surface area contributed by atoms with Crippen molar-refractivity contribution in [3.05, 3.63) is 106 Å². The van der Waals surface area contributed by atoms with Crippen molar-refractivity contribution in [3.8, 4) is 28.3 Å². The van der Waals surface area contributed by atoms with Crippen LogP contribution >= 0.6 is 23.2 Å². The van der Waals surface area contributed by atoms with Crippen LogP contribution in [0.2, 0.25) is 10.0 Å². The van der Waals surface area contributed by atoms with E-state index in [0.717, 1.165) is 50.2 Å². The minimum Gasteiger partial charge on any atom is -0.497 e. The fourth-order valence-electron chi connectivity index (χ4n) is 4.98. The van der Waals surface area contributed by atoms with E-state index in [2.05, 4.69) is 23.5 Å². The van der Waals surface area contributed by atoms with E-state index in [-0.39, 0.29) is 6.04 Å². The van der Waals surface area contributed by atoms with Gasteiger partial charge in [0.1, 0.15) is 11.1 Å². The second kappa shape index (κ2) is 12.3. The van der Waals surface area contributed by atoms with Crippen molar-refractivity contribution in [3.63, 3.8) is 0 Å². The molecule has 1 aromatic heterocycles. The van der Waals surface area contributed by atoms with Gasteiger partial charge in [-0.05, 0) is 85.6 Å². The Balaban J connectivity index is 1.60. The molecule has 0 fully saturated rings. The van der Waals surface area contributed by atoms with E-state index in [4.69, 9.17) is 33.0 Å². The molecule has 5 rings (SSSR count). The van der Waals surface area contributed by atoms with Crippen LogP contribution in [0.1, 0.15) is 41.4 Å². The lowest BCUT2D eigenvalue weighted by Gasteiger charge is -2.18. The van der Waals surface area contributed by atoms with Crippen LogP contribution in [0.3, 0.4) is 0 Å². The molecular formula is C32H29Cl2N3O4S. The Morgan fingerprint density at radius 1 is 0.929 bits per heavy atom. The zero-order valence-electron chi connectivity index (χ0n) is 23.4. The minimum atomic E-state index is -2.16. The molecule has 0 saturated carbocycles. The Morgan fingerprint density at radius 3 is 2.21 bits per heavy atom. The largest absolute Gasteiger partial charge is 0.497 e. The fourth-order valence-corrected chi connectivity index (χ4v) is 5.72. The average molecular weight is 623 g/mol. The van der Waals surface area contributed by atoms with Gasteiger partial charge in [-0.3, -0.25) is 9.48 Å². The molecule has 1 amide bonds. The highest BCUT2D eigenvalue weighted by Crippen LogP contribution is 2.38. The monoisotopic (exact) mass is 621 g/mol. The summed E-state index contributed by atoms with van der Waals surface area (Å²) in [5, 5.41) is 9.89. The summed E-state index contributed by atoms with van der Waals surface area (Å²) in [6, 6.07) is 24.6. The number of nitrogens with one attached hydrogen (secondary N) is 1. The summed E-state index contributed by atoms with van der Waals surface area (Å²) >= 11 is 10.6. The molecule has 0 aliphatic rings. The van der Waals surface area contributed by atoms with Crippen molar-refractivity contribution in [2.75, 3.05) is 7.11 Å². The number of ether oxygens (including phenoxy) is 1. The third-order valence-electron chi connectivity index (χ3n) is 7.26. The van der Waals surface area contributed by atoms with Gasteiger partial charge in [-0.15, -0.1) is 0 Å². The van der Waals surface area contributed by atoms with Gasteiger partial charge in [-0.1, -0.05) is 53.5 Å². The van der Waals surface area contributed by atoms with Crippen LogP contribution in [-0.4, -0.2) is 36.9 Å². The first-order valence-electron chi connectivity index (χ1n) is 13.2. The van der Waals surface area contributed by atoms with Crippen LogP contribution in [0.5, 0.6) is 5.75 Å². The lowest BCUT2D eigenvalue weighted by molar-refractivity contribution is 0.0950. The summed E-state index contributed by atoms with van der Waals surface area (Å²) in [5.41, 5.74) is 5.78. The zero-order chi connectivity index (χ0) is 30.1. The molecule has 4 aromatic carbocycles. The predicted molar refractivity (Wildman–Crippen MR) is 170 cm³/mol. The van der Waals surface area contributed by atoms with Gasteiger partial charge in [0, 0.05) is 32.3 Å². The molecule has 42 heavy (non-hydrogen) atoms. The van der Waals surface area contributed by atoms with Crippen LogP contribution in [0.4, 0.5) is 0 Å². The molecule has 7 nitrogen and oxygen atoms in total. The van der Waals surface area contributed by atoms with Crippen molar-refractivity contribution in [1.82, 2.24) is 15.1 Å². The van der Waals surface area contributed by atoms with Crippen molar-refractivity contribution in [1.29, 1.82) is 0 Å². The average Bonchev–Trinajstić information content (AvgIpc) is 3.32.